The molecule has 0 aliphatic rings. The summed E-state index contributed by atoms with van der Waals surface area (Å²) in [5.74, 6) is 1.56. The largest absolute Gasteiger partial charge is 0.309 e. The third-order valence-electron chi connectivity index (χ3n) is 8.89. The highest BCUT2D eigenvalue weighted by molar-refractivity contribution is 6.10. The predicted molar refractivity (Wildman–Crippen MR) is 182 cm³/mol. The summed E-state index contributed by atoms with van der Waals surface area (Å²) in [5.41, 5.74) is 11.7. The minimum Gasteiger partial charge on any atom is -0.309 e. The van der Waals surface area contributed by atoms with Crippen LogP contribution in [0.1, 0.15) is 0 Å². The van der Waals surface area contributed by atoms with Crippen LogP contribution >= 0.6 is 0 Å². The van der Waals surface area contributed by atoms with Crippen molar-refractivity contribution in [3.8, 4) is 22.6 Å². The molecule has 0 spiro atoms. The zero-order chi connectivity index (χ0) is 29.5. The van der Waals surface area contributed by atoms with Crippen molar-refractivity contribution in [3.05, 3.63) is 146 Å². The van der Waals surface area contributed by atoms with Crippen LogP contribution in [-0.4, -0.2) is 28.5 Å². The lowest BCUT2D eigenvalue weighted by Gasteiger charge is -2.09. The normalized spacial score (nSPS) is 12.0. The van der Waals surface area contributed by atoms with Gasteiger partial charge in [-0.05, 0) is 77.9 Å². The predicted octanol–water partition coefficient (Wildman–Crippen LogP) is 9.14. The molecule has 10 aromatic rings. The fraction of sp³-hybridized carbons (Fsp3) is 0. The minimum atomic E-state index is 0.742. The Labute approximate surface area is 257 Å². The van der Waals surface area contributed by atoms with Crippen LogP contribution in [0.4, 0.5) is 0 Å². The smallest absolute Gasteiger partial charge is 0.221 e. The Bertz CT molecular complexity index is 2770. The van der Waals surface area contributed by atoms with Crippen molar-refractivity contribution < 1.29 is 0 Å². The summed E-state index contributed by atoms with van der Waals surface area (Å²) in [6, 6.07) is 49.0. The number of hydrogen-bond donors (Lipinski definition) is 0. The highest BCUT2D eigenvalue weighted by Gasteiger charge is 2.20. The molecule has 45 heavy (non-hydrogen) atoms. The van der Waals surface area contributed by atoms with Gasteiger partial charge in [0, 0.05) is 16.5 Å². The van der Waals surface area contributed by atoms with Crippen LogP contribution in [-0.2, 0) is 0 Å². The van der Waals surface area contributed by atoms with Gasteiger partial charge >= 0.3 is 0 Å². The Hall–Kier alpha value is -6.27. The van der Waals surface area contributed by atoms with Gasteiger partial charge in [0.15, 0.2) is 5.82 Å². The van der Waals surface area contributed by atoms with Gasteiger partial charge in [0.05, 0.1) is 50.3 Å². The molecule has 0 amide bonds. The van der Waals surface area contributed by atoms with Crippen LogP contribution in [0.15, 0.2) is 146 Å². The fourth-order valence-electron chi connectivity index (χ4n) is 6.87. The molecule has 0 atom stereocenters. The number of hydrogen-bond acceptors (Lipinski definition) is 3. The van der Waals surface area contributed by atoms with Gasteiger partial charge in [-0.15, -0.1) is 0 Å². The second-order valence-corrected chi connectivity index (χ2v) is 11.4. The summed E-state index contributed by atoms with van der Waals surface area (Å²) in [7, 11) is 0. The monoisotopic (exact) mass is 576 g/mol. The van der Waals surface area contributed by atoms with E-state index in [4.69, 9.17) is 15.0 Å². The number of nitrogens with zero attached hydrogens (tertiary/aromatic N) is 6. The van der Waals surface area contributed by atoms with E-state index >= 15 is 0 Å². The van der Waals surface area contributed by atoms with Gasteiger partial charge in [-0.2, -0.15) is 0 Å². The van der Waals surface area contributed by atoms with Crippen LogP contribution < -0.4 is 0 Å². The number of fused-ring (bicyclic) bond motifs is 9. The minimum absolute atomic E-state index is 0.742. The molecule has 6 nitrogen and oxygen atoms in total. The van der Waals surface area contributed by atoms with Gasteiger partial charge in [0.1, 0.15) is 0 Å². The maximum Gasteiger partial charge on any atom is 0.221 e. The number of para-hydroxylation sites is 6. The molecule has 6 heteroatoms. The van der Waals surface area contributed by atoms with Crippen molar-refractivity contribution in [1.82, 2.24) is 28.5 Å². The first-order chi connectivity index (χ1) is 22.3. The van der Waals surface area contributed by atoms with Crippen LogP contribution in [0.5, 0.6) is 0 Å². The van der Waals surface area contributed by atoms with Crippen molar-refractivity contribution in [3.63, 3.8) is 0 Å². The van der Waals surface area contributed by atoms with Crippen molar-refractivity contribution in [2.75, 3.05) is 0 Å². The van der Waals surface area contributed by atoms with Crippen LogP contribution in [0, 0.1) is 0 Å². The second kappa shape index (κ2) is 9.11. The molecule has 0 aliphatic heterocycles. The summed E-state index contributed by atoms with van der Waals surface area (Å²) in [6.07, 6.45) is 1.84. The molecule has 0 saturated heterocycles. The van der Waals surface area contributed by atoms with Gasteiger partial charge < -0.3 is 4.57 Å². The fourth-order valence-corrected chi connectivity index (χ4v) is 6.87. The molecule has 4 aromatic heterocycles. The molecule has 4 heterocycles. The molecule has 0 saturated carbocycles. The molecule has 0 N–H and O–H groups in total. The van der Waals surface area contributed by atoms with E-state index in [1.54, 1.807) is 0 Å². The highest BCUT2D eigenvalue weighted by Crippen LogP contribution is 2.37. The lowest BCUT2D eigenvalue weighted by atomic mass is 10.0. The van der Waals surface area contributed by atoms with Gasteiger partial charge in [0.25, 0.3) is 0 Å². The van der Waals surface area contributed by atoms with Crippen molar-refractivity contribution in [2.24, 2.45) is 0 Å². The first-order valence-corrected chi connectivity index (χ1v) is 15.0. The number of benzene rings is 6. The van der Waals surface area contributed by atoms with E-state index in [1.807, 2.05) is 36.5 Å². The average Bonchev–Trinajstić information content (AvgIpc) is 3.74. The van der Waals surface area contributed by atoms with Gasteiger partial charge in [0.2, 0.25) is 5.78 Å². The Morgan fingerprint density at radius 2 is 1.09 bits per heavy atom. The van der Waals surface area contributed by atoms with Gasteiger partial charge in [-0.25, -0.2) is 9.97 Å². The number of imidazole rings is 2. The van der Waals surface area contributed by atoms with E-state index < -0.39 is 0 Å². The Morgan fingerprint density at radius 3 is 1.96 bits per heavy atom. The van der Waals surface area contributed by atoms with Gasteiger partial charge in [-0.3, -0.25) is 14.0 Å². The Balaban J connectivity index is 1.23. The van der Waals surface area contributed by atoms with Crippen LogP contribution in [0.25, 0.3) is 83.3 Å². The number of rotatable bonds is 3. The topological polar surface area (TPSA) is 52.9 Å². The second-order valence-electron chi connectivity index (χ2n) is 11.4. The van der Waals surface area contributed by atoms with E-state index in [-0.39, 0.29) is 0 Å². The van der Waals surface area contributed by atoms with Crippen LogP contribution in [0.3, 0.4) is 0 Å². The molecule has 210 valence electrons. The maximum atomic E-state index is 5.07. The SMILES string of the molecule is c1ccc(-n2c3ccccc3c3cc(-c4ccc5c(c4)n4c6ccccc6nc4n5-c4cnc5ccccc5n4)ccc32)cc1. The molecule has 0 radical (unpaired) electrons. The molecule has 10 rings (SSSR count). The summed E-state index contributed by atoms with van der Waals surface area (Å²) >= 11 is 0. The van der Waals surface area contributed by atoms with Crippen molar-refractivity contribution in [2.45, 2.75) is 0 Å². The third kappa shape index (κ3) is 3.48. The standard InChI is InChI=1S/C39H24N6/c1-2-10-27(11-3-1)43-33-16-8-4-12-28(33)29-22-25(18-20-34(29)43)26-19-21-36-37(23-26)44-35-17-9-7-15-32(35)42-39(44)45(36)38-24-40-30-13-5-6-14-31(30)41-38/h1-24H. The van der Waals surface area contributed by atoms with Crippen molar-refractivity contribution in [1.29, 1.82) is 0 Å². The van der Waals surface area contributed by atoms with E-state index in [0.717, 1.165) is 61.5 Å². The van der Waals surface area contributed by atoms with Gasteiger partial charge in [-0.1, -0.05) is 72.8 Å². The summed E-state index contributed by atoms with van der Waals surface area (Å²) < 4.78 is 6.71. The van der Waals surface area contributed by atoms with E-state index in [2.05, 4.69) is 123 Å². The molecule has 0 aliphatic carbocycles. The molecule has 0 fully saturated rings. The molecule has 0 bridgehead atoms. The zero-order valence-electron chi connectivity index (χ0n) is 24.0. The maximum absolute atomic E-state index is 5.07. The Morgan fingerprint density at radius 1 is 0.422 bits per heavy atom. The zero-order valence-corrected chi connectivity index (χ0v) is 24.0. The highest BCUT2D eigenvalue weighted by atomic mass is 15.2. The lowest BCUT2D eigenvalue weighted by Crippen LogP contribution is -2.00. The molecule has 6 aromatic carbocycles. The summed E-state index contributed by atoms with van der Waals surface area (Å²) in [6.45, 7) is 0. The lowest BCUT2D eigenvalue weighted by molar-refractivity contribution is 1.04. The van der Waals surface area contributed by atoms with Crippen molar-refractivity contribution >= 4 is 60.7 Å². The quantitative estimate of drug-likeness (QED) is 0.211. The van der Waals surface area contributed by atoms with E-state index in [9.17, 15) is 0 Å². The molecular formula is C39H24N6. The first kappa shape index (κ1) is 24.2. The molecular weight excluding hydrogens is 552 g/mol. The van der Waals surface area contributed by atoms with E-state index in [0.29, 0.717) is 0 Å². The third-order valence-corrected chi connectivity index (χ3v) is 8.89. The summed E-state index contributed by atoms with van der Waals surface area (Å²) in [4.78, 5) is 14.8. The number of aromatic nitrogens is 6. The summed E-state index contributed by atoms with van der Waals surface area (Å²) in [5, 5.41) is 2.47. The van der Waals surface area contributed by atoms with Crippen LogP contribution in [0.2, 0.25) is 0 Å². The average molecular weight is 577 g/mol. The first-order valence-electron chi connectivity index (χ1n) is 15.0. The molecule has 0 unspecified atom stereocenters. The van der Waals surface area contributed by atoms with E-state index in [1.165, 1.54) is 21.8 Å². The Kier molecular flexibility index (Phi) is 4.90.